The highest BCUT2D eigenvalue weighted by atomic mass is 35.5. The summed E-state index contributed by atoms with van der Waals surface area (Å²) in [6.45, 7) is 0.0531. The second-order valence-corrected chi connectivity index (χ2v) is 6.35. The van der Waals surface area contributed by atoms with E-state index in [2.05, 4.69) is 4.98 Å². The van der Waals surface area contributed by atoms with Gasteiger partial charge in [0.1, 0.15) is 17.4 Å². The molecule has 0 unspecified atom stereocenters. The summed E-state index contributed by atoms with van der Waals surface area (Å²) in [6, 6.07) is 14.1. The molecule has 0 amide bonds. The molecule has 1 heterocycles. The quantitative estimate of drug-likeness (QED) is 0.446. The van der Waals surface area contributed by atoms with Crippen molar-refractivity contribution in [3.8, 4) is 10.6 Å². The zero-order valence-corrected chi connectivity index (χ0v) is 14.6. The van der Waals surface area contributed by atoms with Crippen molar-refractivity contribution in [1.29, 1.82) is 0 Å². The van der Waals surface area contributed by atoms with E-state index in [0.29, 0.717) is 5.69 Å². The van der Waals surface area contributed by atoms with Crippen molar-refractivity contribution < 1.29 is 13.9 Å². The van der Waals surface area contributed by atoms with Gasteiger partial charge in [-0.15, -0.1) is 11.3 Å². The predicted molar refractivity (Wildman–Crippen MR) is 97.8 cm³/mol. The Balaban J connectivity index is 1.60. The molecule has 0 atom stereocenters. The Hall–Kier alpha value is -2.50. The van der Waals surface area contributed by atoms with Crippen molar-refractivity contribution in [3.63, 3.8) is 0 Å². The lowest BCUT2D eigenvalue weighted by atomic mass is 10.2. The van der Waals surface area contributed by atoms with Gasteiger partial charge in [0.15, 0.2) is 0 Å². The van der Waals surface area contributed by atoms with Gasteiger partial charge in [0.25, 0.3) is 0 Å². The van der Waals surface area contributed by atoms with E-state index in [1.165, 1.54) is 29.5 Å². The van der Waals surface area contributed by atoms with Crippen LogP contribution in [0.25, 0.3) is 16.6 Å². The molecule has 0 spiro atoms. The first-order valence-electron chi connectivity index (χ1n) is 7.42. The summed E-state index contributed by atoms with van der Waals surface area (Å²) < 4.78 is 18.8. The number of ether oxygens (including phenoxy) is 1. The third-order valence-electron chi connectivity index (χ3n) is 3.32. The van der Waals surface area contributed by atoms with Crippen LogP contribution in [0.4, 0.5) is 4.39 Å². The maximum Gasteiger partial charge on any atom is 0.331 e. The lowest BCUT2D eigenvalue weighted by molar-refractivity contribution is -0.139. The fraction of sp³-hybridized carbons (Fsp3) is 0.0526. The van der Waals surface area contributed by atoms with Crippen molar-refractivity contribution in [1.82, 2.24) is 4.98 Å². The van der Waals surface area contributed by atoms with Crippen molar-refractivity contribution >= 4 is 35.0 Å². The number of hydrogen-bond acceptors (Lipinski definition) is 4. The van der Waals surface area contributed by atoms with Crippen LogP contribution in [0.5, 0.6) is 0 Å². The van der Waals surface area contributed by atoms with Gasteiger partial charge >= 0.3 is 5.97 Å². The van der Waals surface area contributed by atoms with Crippen molar-refractivity contribution in [3.05, 3.63) is 82.1 Å². The van der Waals surface area contributed by atoms with Crippen LogP contribution in [0.2, 0.25) is 5.02 Å². The number of aromatic nitrogens is 1. The number of carbonyl (C=O) groups excluding carboxylic acids is 1. The first kappa shape index (κ1) is 17.3. The first-order valence-corrected chi connectivity index (χ1v) is 8.68. The molecule has 25 heavy (non-hydrogen) atoms. The summed E-state index contributed by atoms with van der Waals surface area (Å²) in [5.74, 6) is -1.09. The summed E-state index contributed by atoms with van der Waals surface area (Å²) in [6.07, 6.45) is 2.45. The number of esters is 1. The fourth-order valence-corrected chi connectivity index (χ4v) is 3.14. The van der Waals surface area contributed by atoms with Crippen LogP contribution >= 0.6 is 22.9 Å². The zero-order chi connectivity index (χ0) is 17.6. The zero-order valence-electron chi connectivity index (χ0n) is 13.0. The van der Waals surface area contributed by atoms with E-state index in [1.807, 2.05) is 35.7 Å². The molecule has 1 aromatic heterocycles. The van der Waals surface area contributed by atoms with Gasteiger partial charge in [0, 0.05) is 22.6 Å². The Kier molecular flexibility index (Phi) is 5.58. The van der Waals surface area contributed by atoms with Gasteiger partial charge in [-0.05, 0) is 18.2 Å². The van der Waals surface area contributed by atoms with Gasteiger partial charge in [-0.2, -0.15) is 0 Å². The molecule has 2 aromatic carbocycles. The molecule has 0 aliphatic rings. The SMILES string of the molecule is O=C(/C=C/c1c(F)cccc1Cl)OCc1csc(-c2ccccc2)n1. The summed E-state index contributed by atoms with van der Waals surface area (Å²) in [7, 11) is 0. The number of thiazole rings is 1. The molecule has 0 radical (unpaired) electrons. The molecule has 3 rings (SSSR count). The smallest absolute Gasteiger partial charge is 0.331 e. The van der Waals surface area contributed by atoms with E-state index >= 15 is 0 Å². The second kappa shape index (κ2) is 8.05. The van der Waals surface area contributed by atoms with Crippen LogP contribution in [0.3, 0.4) is 0 Å². The van der Waals surface area contributed by atoms with Gasteiger partial charge in [0.05, 0.1) is 10.7 Å². The number of hydrogen-bond donors (Lipinski definition) is 0. The number of rotatable bonds is 5. The maximum atomic E-state index is 13.6. The van der Waals surface area contributed by atoms with E-state index < -0.39 is 11.8 Å². The van der Waals surface area contributed by atoms with Crippen LogP contribution in [0, 0.1) is 5.82 Å². The molecule has 3 nitrogen and oxygen atoms in total. The summed E-state index contributed by atoms with van der Waals surface area (Å²) in [5.41, 5.74) is 1.83. The topological polar surface area (TPSA) is 39.2 Å². The first-order chi connectivity index (χ1) is 12.1. The third kappa shape index (κ3) is 4.53. The molecule has 0 aliphatic heterocycles. The minimum atomic E-state index is -0.589. The van der Waals surface area contributed by atoms with Gasteiger partial charge < -0.3 is 4.74 Å². The molecule has 0 bridgehead atoms. The molecular weight excluding hydrogens is 361 g/mol. The van der Waals surface area contributed by atoms with E-state index in [4.69, 9.17) is 16.3 Å². The minimum absolute atomic E-state index is 0.0531. The molecule has 0 N–H and O–H groups in total. The standard InChI is InChI=1S/C19H13ClFNO2S/c20-16-7-4-8-17(21)15(16)9-10-18(23)24-11-14-12-25-19(22-14)13-5-2-1-3-6-13/h1-10,12H,11H2/b10-9+. The van der Waals surface area contributed by atoms with Gasteiger partial charge in [-0.3, -0.25) is 0 Å². The molecule has 3 aromatic rings. The highest BCUT2D eigenvalue weighted by molar-refractivity contribution is 7.13. The highest BCUT2D eigenvalue weighted by Crippen LogP contribution is 2.24. The Morgan fingerprint density at radius 2 is 2.00 bits per heavy atom. The van der Waals surface area contributed by atoms with Crippen LogP contribution in [-0.2, 0) is 16.1 Å². The Morgan fingerprint density at radius 1 is 1.20 bits per heavy atom. The number of carbonyl (C=O) groups is 1. The van der Waals surface area contributed by atoms with Crippen molar-refractivity contribution in [2.75, 3.05) is 0 Å². The largest absolute Gasteiger partial charge is 0.456 e. The number of nitrogens with zero attached hydrogens (tertiary/aromatic N) is 1. The van der Waals surface area contributed by atoms with E-state index in [9.17, 15) is 9.18 Å². The average Bonchev–Trinajstić information content (AvgIpc) is 3.09. The second-order valence-electron chi connectivity index (χ2n) is 5.09. The van der Waals surface area contributed by atoms with Crippen LogP contribution in [0.1, 0.15) is 11.3 Å². The third-order valence-corrected chi connectivity index (χ3v) is 4.59. The molecule has 6 heteroatoms. The lowest BCUT2D eigenvalue weighted by Crippen LogP contribution is -2.01. The van der Waals surface area contributed by atoms with E-state index in [1.54, 1.807) is 6.07 Å². The van der Waals surface area contributed by atoms with Gasteiger partial charge in [0.2, 0.25) is 0 Å². The Labute approximate surface area is 153 Å². The number of halogens is 2. The fourth-order valence-electron chi connectivity index (χ4n) is 2.10. The average molecular weight is 374 g/mol. The molecule has 126 valence electrons. The summed E-state index contributed by atoms with van der Waals surface area (Å²) >= 11 is 7.38. The predicted octanol–water partition coefficient (Wildman–Crippen LogP) is 5.36. The highest BCUT2D eigenvalue weighted by Gasteiger charge is 2.07. The Morgan fingerprint density at radius 3 is 2.76 bits per heavy atom. The van der Waals surface area contributed by atoms with Gasteiger partial charge in [-0.25, -0.2) is 14.2 Å². The number of benzene rings is 2. The summed E-state index contributed by atoms with van der Waals surface area (Å²) in [5, 5.41) is 2.93. The lowest BCUT2D eigenvalue weighted by Gasteiger charge is -2.01. The molecule has 0 fully saturated rings. The van der Waals surface area contributed by atoms with E-state index in [0.717, 1.165) is 16.6 Å². The van der Waals surface area contributed by atoms with Crippen LogP contribution in [0.15, 0.2) is 60.0 Å². The molecule has 0 saturated heterocycles. The maximum absolute atomic E-state index is 13.6. The van der Waals surface area contributed by atoms with Crippen molar-refractivity contribution in [2.24, 2.45) is 0 Å². The van der Waals surface area contributed by atoms with Crippen LogP contribution < -0.4 is 0 Å². The monoisotopic (exact) mass is 373 g/mol. The van der Waals surface area contributed by atoms with E-state index in [-0.39, 0.29) is 17.2 Å². The Bertz CT molecular complexity index is 889. The minimum Gasteiger partial charge on any atom is -0.456 e. The van der Waals surface area contributed by atoms with Crippen molar-refractivity contribution in [2.45, 2.75) is 6.61 Å². The molecular formula is C19H13ClFNO2S. The molecule has 0 aliphatic carbocycles. The van der Waals surface area contributed by atoms with Crippen LogP contribution in [-0.4, -0.2) is 11.0 Å². The molecule has 0 saturated carbocycles. The van der Waals surface area contributed by atoms with Gasteiger partial charge in [-0.1, -0.05) is 48.0 Å². The normalized spacial score (nSPS) is 11.0. The summed E-state index contributed by atoms with van der Waals surface area (Å²) in [4.78, 5) is 16.2.